The van der Waals surface area contributed by atoms with Crippen LogP contribution in [0, 0.1) is 5.82 Å². The van der Waals surface area contributed by atoms with Gasteiger partial charge in [-0.25, -0.2) is 9.07 Å². The fraction of sp³-hybridized carbons (Fsp3) is 0.417. The minimum Gasteiger partial charge on any atom is -0.315 e. The molecule has 0 spiro atoms. The van der Waals surface area contributed by atoms with Crippen LogP contribution in [0.25, 0.3) is 0 Å². The molecule has 0 radical (unpaired) electrons. The van der Waals surface area contributed by atoms with Gasteiger partial charge in [-0.1, -0.05) is 42.4 Å². The lowest BCUT2D eigenvalue weighted by molar-refractivity contribution is 0.517. The van der Waals surface area contributed by atoms with Gasteiger partial charge in [0.1, 0.15) is 5.82 Å². The topological polar surface area (TPSA) is 55.6 Å². The average molecular weight is 316 g/mol. The molecule has 0 atom stereocenters. The van der Waals surface area contributed by atoms with E-state index in [4.69, 9.17) is 11.6 Å². The molecule has 0 amide bonds. The van der Waals surface area contributed by atoms with Gasteiger partial charge in [-0.2, -0.15) is 0 Å². The Hall–Kier alpha value is -1.18. The molecular weight excluding hydrogens is 301 g/mol. The number of nitrogens with zero attached hydrogens (tertiary/aromatic N) is 4. The number of tetrazole rings is 1. The zero-order valence-electron chi connectivity index (χ0n) is 11.0. The van der Waals surface area contributed by atoms with Crippen molar-refractivity contribution >= 4 is 23.4 Å². The van der Waals surface area contributed by atoms with E-state index in [1.54, 1.807) is 16.8 Å². The summed E-state index contributed by atoms with van der Waals surface area (Å²) < 4.78 is 15.5. The molecule has 20 heavy (non-hydrogen) atoms. The van der Waals surface area contributed by atoms with E-state index in [0.29, 0.717) is 23.0 Å². The van der Waals surface area contributed by atoms with Crippen molar-refractivity contribution in [3.63, 3.8) is 0 Å². The zero-order chi connectivity index (χ0) is 14.4. The average Bonchev–Trinajstić information content (AvgIpc) is 2.88. The van der Waals surface area contributed by atoms with Crippen molar-refractivity contribution in [3.05, 3.63) is 34.6 Å². The van der Waals surface area contributed by atoms with Gasteiger partial charge >= 0.3 is 0 Å². The van der Waals surface area contributed by atoms with E-state index >= 15 is 0 Å². The van der Waals surface area contributed by atoms with E-state index < -0.39 is 0 Å². The summed E-state index contributed by atoms with van der Waals surface area (Å²) in [5.41, 5.74) is 0.545. The van der Waals surface area contributed by atoms with Crippen LogP contribution in [0.2, 0.25) is 5.02 Å². The first-order chi connectivity index (χ1) is 9.72. The normalized spacial score (nSPS) is 10.9. The maximum absolute atomic E-state index is 13.8. The third kappa shape index (κ3) is 3.91. The van der Waals surface area contributed by atoms with Gasteiger partial charge in [0.2, 0.25) is 5.16 Å². The van der Waals surface area contributed by atoms with E-state index in [-0.39, 0.29) is 10.8 Å². The minimum atomic E-state index is -0.381. The summed E-state index contributed by atoms with van der Waals surface area (Å²) in [6, 6.07) is 4.97. The summed E-state index contributed by atoms with van der Waals surface area (Å²) in [5, 5.41) is 15.5. The summed E-state index contributed by atoms with van der Waals surface area (Å²) in [6.07, 6.45) is 0. The van der Waals surface area contributed by atoms with Gasteiger partial charge in [-0.05, 0) is 28.6 Å². The third-order valence-corrected chi connectivity index (χ3v) is 3.94. The second kappa shape index (κ2) is 7.56. The molecule has 5 nitrogen and oxygen atoms in total. The van der Waals surface area contributed by atoms with Crippen LogP contribution in [0.15, 0.2) is 23.4 Å². The lowest BCUT2D eigenvalue weighted by Crippen LogP contribution is -2.20. The second-order valence-corrected chi connectivity index (χ2v) is 5.39. The molecular formula is C12H15ClFN5S. The lowest BCUT2D eigenvalue weighted by Gasteiger charge is -2.06. The van der Waals surface area contributed by atoms with Gasteiger partial charge in [-0.3, -0.25) is 0 Å². The van der Waals surface area contributed by atoms with Crippen LogP contribution in [0.1, 0.15) is 12.5 Å². The predicted molar refractivity (Wildman–Crippen MR) is 77.3 cm³/mol. The molecule has 1 heterocycles. The number of benzene rings is 1. The van der Waals surface area contributed by atoms with Gasteiger partial charge < -0.3 is 5.32 Å². The Labute approximate surface area is 125 Å². The number of hydrogen-bond donors (Lipinski definition) is 1. The van der Waals surface area contributed by atoms with Gasteiger partial charge in [-0.15, -0.1) is 5.10 Å². The van der Waals surface area contributed by atoms with E-state index in [1.807, 2.05) is 6.92 Å². The van der Waals surface area contributed by atoms with Gasteiger partial charge in [0.05, 0.1) is 11.6 Å². The Morgan fingerprint density at radius 3 is 3.10 bits per heavy atom. The molecule has 0 saturated heterocycles. The third-order valence-electron chi connectivity index (χ3n) is 2.64. The van der Waals surface area contributed by atoms with Crippen molar-refractivity contribution in [2.24, 2.45) is 0 Å². The van der Waals surface area contributed by atoms with Crippen LogP contribution in [0.5, 0.6) is 0 Å². The molecule has 0 aliphatic heterocycles. The van der Waals surface area contributed by atoms with Crippen molar-refractivity contribution in [3.8, 4) is 0 Å². The van der Waals surface area contributed by atoms with Gasteiger partial charge in [0.25, 0.3) is 0 Å². The second-order valence-electron chi connectivity index (χ2n) is 4.04. The maximum atomic E-state index is 13.8. The van der Waals surface area contributed by atoms with Crippen LogP contribution < -0.4 is 5.32 Å². The quantitative estimate of drug-likeness (QED) is 0.628. The van der Waals surface area contributed by atoms with E-state index in [0.717, 1.165) is 13.1 Å². The monoisotopic (exact) mass is 315 g/mol. The van der Waals surface area contributed by atoms with Crippen LogP contribution in [0.3, 0.4) is 0 Å². The SMILES string of the molecule is CCNCCn1nnnc1SCc1cccc(Cl)c1F. The molecule has 2 aromatic rings. The smallest absolute Gasteiger partial charge is 0.209 e. The highest BCUT2D eigenvalue weighted by Gasteiger charge is 2.10. The molecule has 1 N–H and O–H groups in total. The highest BCUT2D eigenvalue weighted by Crippen LogP contribution is 2.25. The molecule has 0 aliphatic carbocycles. The number of aromatic nitrogens is 4. The van der Waals surface area contributed by atoms with Crippen LogP contribution in [-0.4, -0.2) is 33.3 Å². The summed E-state index contributed by atoms with van der Waals surface area (Å²) in [4.78, 5) is 0. The number of nitrogens with one attached hydrogen (secondary N) is 1. The molecule has 2 rings (SSSR count). The highest BCUT2D eigenvalue weighted by molar-refractivity contribution is 7.98. The molecule has 108 valence electrons. The number of thioether (sulfide) groups is 1. The van der Waals surface area contributed by atoms with Crippen molar-refractivity contribution in [1.29, 1.82) is 0 Å². The maximum Gasteiger partial charge on any atom is 0.209 e. The van der Waals surface area contributed by atoms with Crippen molar-refractivity contribution in [2.45, 2.75) is 24.4 Å². The Balaban J connectivity index is 1.97. The molecule has 0 fully saturated rings. The largest absolute Gasteiger partial charge is 0.315 e. The molecule has 0 unspecified atom stereocenters. The number of rotatable bonds is 7. The molecule has 0 bridgehead atoms. The first kappa shape index (κ1) is 15.2. The summed E-state index contributed by atoms with van der Waals surface area (Å²) in [7, 11) is 0. The highest BCUT2D eigenvalue weighted by atomic mass is 35.5. The fourth-order valence-corrected chi connectivity index (χ4v) is 2.68. The molecule has 8 heteroatoms. The lowest BCUT2D eigenvalue weighted by atomic mass is 10.2. The minimum absolute atomic E-state index is 0.134. The summed E-state index contributed by atoms with van der Waals surface area (Å²) >= 11 is 7.14. The molecule has 1 aromatic heterocycles. The Kier molecular flexibility index (Phi) is 5.75. The number of hydrogen-bond acceptors (Lipinski definition) is 5. The molecule has 0 aliphatic rings. The standard InChI is InChI=1S/C12H15ClFN5S/c1-2-15-6-7-19-12(16-17-18-19)20-8-9-4-3-5-10(13)11(9)14/h3-5,15H,2,6-8H2,1H3. The van der Waals surface area contributed by atoms with Crippen LogP contribution in [0.4, 0.5) is 4.39 Å². The van der Waals surface area contributed by atoms with Crippen molar-refractivity contribution in [1.82, 2.24) is 25.5 Å². The number of halogens is 2. The first-order valence-corrected chi connectivity index (χ1v) is 7.61. The molecule has 1 aromatic carbocycles. The van der Waals surface area contributed by atoms with E-state index in [1.165, 1.54) is 17.8 Å². The fourth-order valence-electron chi connectivity index (χ4n) is 1.60. The van der Waals surface area contributed by atoms with E-state index in [2.05, 4.69) is 20.8 Å². The van der Waals surface area contributed by atoms with Crippen LogP contribution in [-0.2, 0) is 12.3 Å². The Bertz CT molecular complexity index is 563. The van der Waals surface area contributed by atoms with Crippen LogP contribution >= 0.6 is 23.4 Å². The predicted octanol–water partition coefficient (Wildman–Crippen LogP) is 2.37. The zero-order valence-corrected chi connectivity index (χ0v) is 12.6. The summed E-state index contributed by atoms with van der Waals surface area (Å²) in [5.74, 6) is 0.0573. The van der Waals surface area contributed by atoms with Gasteiger partial charge in [0, 0.05) is 12.3 Å². The van der Waals surface area contributed by atoms with Crippen molar-refractivity contribution in [2.75, 3.05) is 13.1 Å². The van der Waals surface area contributed by atoms with Gasteiger partial charge in [0.15, 0.2) is 0 Å². The number of likely N-dealkylation sites (N-methyl/N-ethyl adjacent to an activating group) is 1. The van der Waals surface area contributed by atoms with E-state index in [9.17, 15) is 4.39 Å². The molecule has 0 saturated carbocycles. The van der Waals surface area contributed by atoms with Crippen molar-refractivity contribution < 1.29 is 4.39 Å². The summed E-state index contributed by atoms with van der Waals surface area (Å²) in [6.45, 7) is 4.41. The Morgan fingerprint density at radius 2 is 2.30 bits per heavy atom. The Morgan fingerprint density at radius 1 is 1.45 bits per heavy atom. The first-order valence-electron chi connectivity index (χ1n) is 6.25.